The van der Waals surface area contributed by atoms with E-state index in [2.05, 4.69) is 18.7 Å². The van der Waals surface area contributed by atoms with Gasteiger partial charge >= 0.3 is 0 Å². The summed E-state index contributed by atoms with van der Waals surface area (Å²) in [7, 11) is 0. The summed E-state index contributed by atoms with van der Waals surface area (Å²) in [5.74, 6) is 0.0638. The zero-order valence-corrected chi connectivity index (χ0v) is 12.9. The number of benzene rings is 1. The number of para-hydroxylation sites is 1. The molecule has 1 aromatic rings. The van der Waals surface area contributed by atoms with Crippen molar-refractivity contribution in [3.63, 3.8) is 0 Å². The van der Waals surface area contributed by atoms with Crippen LogP contribution in [0.4, 0.5) is 4.39 Å². The number of rotatable bonds is 9. The maximum Gasteiger partial charge on any atom is 0.165 e. The lowest BCUT2D eigenvalue weighted by Crippen LogP contribution is -2.28. The lowest BCUT2D eigenvalue weighted by atomic mass is 10.0. The van der Waals surface area contributed by atoms with Gasteiger partial charge in [-0.1, -0.05) is 32.9 Å². The van der Waals surface area contributed by atoms with Gasteiger partial charge in [-0.15, -0.1) is 0 Å². The smallest absolute Gasteiger partial charge is 0.165 e. The highest BCUT2D eigenvalue weighted by molar-refractivity contribution is 5.35. The fraction of sp³-hybridized carbons (Fsp3) is 0.625. The fourth-order valence-electron chi connectivity index (χ4n) is 2.12. The van der Waals surface area contributed by atoms with Crippen molar-refractivity contribution >= 4 is 0 Å². The van der Waals surface area contributed by atoms with Crippen LogP contribution in [0.25, 0.3) is 0 Å². The van der Waals surface area contributed by atoms with Gasteiger partial charge in [0.25, 0.3) is 0 Å². The summed E-state index contributed by atoms with van der Waals surface area (Å²) in [5.41, 5.74) is 6.82. The van der Waals surface area contributed by atoms with E-state index >= 15 is 0 Å². The lowest BCUT2D eigenvalue weighted by Gasteiger charge is -2.19. The van der Waals surface area contributed by atoms with E-state index in [9.17, 15) is 4.39 Å². The molecule has 0 bridgehead atoms. The van der Waals surface area contributed by atoms with E-state index in [0.717, 1.165) is 31.6 Å². The Hall–Kier alpha value is -1.13. The van der Waals surface area contributed by atoms with Crippen LogP contribution in [-0.2, 0) is 6.42 Å². The largest absolute Gasteiger partial charge is 0.489 e. The van der Waals surface area contributed by atoms with E-state index in [-0.39, 0.29) is 11.9 Å². The van der Waals surface area contributed by atoms with Crippen LogP contribution in [-0.4, -0.2) is 37.2 Å². The molecule has 4 heteroatoms. The summed E-state index contributed by atoms with van der Waals surface area (Å²) < 4.78 is 19.6. The van der Waals surface area contributed by atoms with Gasteiger partial charge in [0, 0.05) is 12.6 Å². The van der Waals surface area contributed by atoms with E-state index in [1.807, 2.05) is 13.0 Å². The maximum absolute atomic E-state index is 13.9. The molecular weight excluding hydrogens is 255 g/mol. The first kappa shape index (κ1) is 16.9. The molecular formula is C16H27FN2O. The Morgan fingerprint density at radius 3 is 2.55 bits per heavy atom. The number of halogens is 1. The standard InChI is InChI=1S/C16H27FN2O/c1-4-14(18)12-13-8-7-9-15(17)16(13)20-11-10-19(5-2)6-3/h7-9,14H,4-6,10-12,18H2,1-3H3. The van der Waals surface area contributed by atoms with Gasteiger partial charge in [0.15, 0.2) is 11.6 Å². The molecule has 1 aromatic carbocycles. The van der Waals surface area contributed by atoms with Crippen molar-refractivity contribution in [2.24, 2.45) is 5.73 Å². The molecule has 0 radical (unpaired) electrons. The molecule has 0 heterocycles. The number of nitrogens with two attached hydrogens (primary N) is 1. The van der Waals surface area contributed by atoms with E-state index in [1.165, 1.54) is 6.07 Å². The summed E-state index contributed by atoms with van der Waals surface area (Å²) in [5, 5.41) is 0. The highest BCUT2D eigenvalue weighted by atomic mass is 19.1. The Balaban J connectivity index is 2.67. The second kappa shape index (κ2) is 8.93. The van der Waals surface area contributed by atoms with Crippen LogP contribution in [0.2, 0.25) is 0 Å². The molecule has 1 atom stereocenters. The fourth-order valence-corrected chi connectivity index (χ4v) is 2.12. The zero-order chi connectivity index (χ0) is 15.0. The van der Waals surface area contributed by atoms with Gasteiger partial charge in [0.2, 0.25) is 0 Å². The minimum atomic E-state index is -0.301. The first-order valence-electron chi connectivity index (χ1n) is 7.50. The average molecular weight is 282 g/mol. The van der Waals surface area contributed by atoms with Crippen molar-refractivity contribution in [2.75, 3.05) is 26.2 Å². The highest BCUT2D eigenvalue weighted by Gasteiger charge is 2.12. The van der Waals surface area contributed by atoms with Crippen LogP contribution in [0.15, 0.2) is 18.2 Å². The van der Waals surface area contributed by atoms with Crippen LogP contribution in [0.5, 0.6) is 5.75 Å². The maximum atomic E-state index is 13.9. The van der Waals surface area contributed by atoms with Gasteiger partial charge in [0.05, 0.1) is 0 Å². The molecule has 3 nitrogen and oxygen atoms in total. The molecule has 20 heavy (non-hydrogen) atoms. The molecule has 0 amide bonds. The quantitative estimate of drug-likeness (QED) is 0.757. The molecule has 0 fully saturated rings. The van der Waals surface area contributed by atoms with E-state index in [1.54, 1.807) is 6.07 Å². The third-order valence-electron chi connectivity index (χ3n) is 3.60. The number of hydrogen-bond donors (Lipinski definition) is 1. The first-order valence-corrected chi connectivity index (χ1v) is 7.50. The molecule has 0 aliphatic carbocycles. The molecule has 0 aromatic heterocycles. The Morgan fingerprint density at radius 1 is 1.25 bits per heavy atom. The minimum Gasteiger partial charge on any atom is -0.489 e. The second-order valence-corrected chi connectivity index (χ2v) is 4.98. The van der Waals surface area contributed by atoms with Crippen molar-refractivity contribution < 1.29 is 9.13 Å². The Bertz CT molecular complexity index is 394. The first-order chi connectivity index (χ1) is 9.62. The van der Waals surface area contributed by atoms with Gasteiger partial charge in [-0.3, -0.25) is 0 Å². The number of hydrogen-bond acceptors (Lipinski definition) is 3. The van der Waals surface area contributed by atoms with Gasteiger partial charge < -0.3 is 15.4 Å². The van der Waals surface area contributed by atoms with Gasteiger partial charge in [-0.25, -0.2) is 4.39 Å². The predicted molar refractivity (Wildman–Crippen MR) is 81.7 cm³/mol. The van der Waals surface area contributed by atoms with Gasteiger partial charge in [-0.05, 0) is 37.6 Å². The van der Waals surface area contributed by atoms with Crippen molar-refractivity contribution in [3.05, 3.63) is 29.6 Å². The monoisotopic (exact) mass is 282 g/mol. The molecule has 1 unspecified atom stereocenters. The number of likely N-dealkylation sites (N-methyl/N-ethyl adjacent to an activating group) is 1. The van der Waals surface area contributed by atoms with Crippen LogP contribution < -0.4 is 10.5 Å². The van der Waals surface area contributed by atoms with Gasteiger partial charge in [-0.2, -0.15) is 0 Å². The lowest BCUT2D eigenvalue weighted by molar-refractivity contribution is 0.216. The second-order valence-electron chi connectivity index (χ2n) is 4.98. The summed E-state index contributed by atoms with van der Waals surface area (Å²) in [6, 6.07) is 5.09. The van der Waals surface area contributed by atoms with Crippen molar-refractivity contribution in [2.45, 2.75) is 39.7 Å². The Labute approximate surface area is 121 Å². The SMILES string of the molecule is CCC(N)Cc1cccc(F)c1OCCN(CC)CC. The summed E-state index contributed by atoms with van der Waals surface area (Å²) in [4.78, 5) is 2.25. The molecule has 0 spiro atoms. The topological polar surface area (TPSA) is 38.5 Å². The third kappa shape index (κ3) is 5.10. The summed E-state index contributed by atoms with van der Waals surface area (Å²) in [6.45, 7) is 9.51. The van der Waals surface area contributed by atoms with Crippen molar-refractivity contribution in [1.82, 2.24) is 4.90 Å². The van der Waals surface area contributed by atoms with Crippen molar-refractivity contribution in [1.29, 1.82) is 0 Å². The molecule has 0 saturated heterocycles. The molecule has 0 aliphatic heterocycles. The Kier molecular flexibility index (Phi) is 7.55. The molecule has 0 saturated carbocycles. The van der Waals surface area contributed by atoms with Gasteiger partial charge in [0.1, 0.15) is 6.61 Å². The van der Waals surface area contributed by atoms with Crippen molar-refractivity contribution in [3.8, 4) is 5.75 Å². The summed E-state index contributed by atoms with van der Waals surface area (Å²) >= 11 is 0. The zero-order valence-electron chi connectivity index (χ0n) is 12.9. The molecule has 1 rings (SSSR count). The van der Waals surface area contributed by atoms with E-state index in [4.69, 9.17) is 10.5 Å². The average Bonchev–Trinajstić information content (AvgIpc) is 2.46. The van der Waals surface area contributed by atoms with Crippen LogP contribution in [0, 0.1) is 5.82 Å². The number of ether oxygens (including phenoxy) is 1. The predicted octanol–water partition coefficient (Wildman–Crippen LogP) is 2.83. The molecule has 0 aliphatic rings. The normalized spacial score (nSPS) is 12.7. The minimum absolute atomic E-state index is 0.0435. The van der Waals surface area contributed by atoms with E-state index < -0.39 is 0 Å². The third-order valence-corrected chi connectivity index (χ3v) is 3.60. The molecule has 2 N–H and O–H groups in total. The van der Waals surface area contributed by atoms with Crippen LogP contribution >= 0.6 is 0 Å². The van der Waals surface area contributed by atoms with Crippen LogP contribution in [0.3, 0.4) is 0 Å². The summed E-state index contributed by atoms with van der Waals surface area (Å²) in [6.07, 6.45) is 1.52. The van der Waals surface area contributed by atoms with Crippen LogP contribution in [0.1, 0.15) is 32.8 Å². The highest BCUT2D eigenvalue weighted by Crippen LogP contribution is 2.24. The molecule has 114 valence electrons. The van der Waals surface area contributed by atoms with E-state index in [0.29, 0.717) is 18.8 Å². The Morgan fingerprint density at radius 2 is 1.95 bits per heavy atom. The number of nitrogens with zero attached hydrogens (tertiary/aromatic N) is 1.